The largest absolute Gasteiger partial charge is 0.465 e. The van der Waals surface area contributed by atoms with Crippen molar-refractivity contribution in [2.24, 2.45) is 17.3 Å². The third kappa shape index (κ3) is 2.38. The maximum Gasteiger partial charge on any atom is 0.323 e. The molecule has 0 bridgehead atoms. The van der Waals surface area contributed by atoms with Crippen molar-refractivity contribution >= 4 is 17.7 Å². The van der Waals surface area contributed by atoms with Gasteiger partial charge in [0.25, 0.3) is 0 Å². The van der Waals surface area contributed by atoms with Gasteiger partial charge < -0.3 is 9.47 Å². The molecular formula is C14H20O5. The Morgan fingerprint density at radius 3 is 1.84 bits per heavy atom. The first-order chi connectivity index (χ1) is 9.03. The Morgan fingerprint density at radius 2 is 1.47 bits per heavy atom. The van der Waals surface area contributed by atoms with Crippen molar-refractivity contribution < 1.29 is 23.9 Å². The van der Waals surface area contributed by atoms with Crippen molar-refractivity contribution in [1.82, 2.24) is 0 Å². The van der Waals surface area contributed by atoms with Crippen LogP contribution in [0.3, 0.4) is 0 Å². The van der Waals surface area contributed by atoms with Crippen molar-refractivity contribution in [2.75, 3.05) is 13.2 Å². The second-order valence-corrected chi connectivity index (χ2v) is 5.40. The summed E-state index contributed by atoms with van der Waals surface area (Å²) >= 11 is 0. The van der Waals surface area contributed by atoms with Crippen LogP contribution in [0.5, 0.6) is 0 Å². The van der Waals surface area contributed by atoms with Crippen LogP contribution in [0.2, 0.25) is 0 Å². The number of hydrogen-bond donors (Lipinski definition) is 0. The van der Waals surface area contributed by atoms with E-state index in [4.69, 9.17) is 9.47 Å². The third-order valence-electron chi connectivity index (χ3n) is 4.20. The SMILES string of the molecule is CCOC(=O)C1(C(=O)OCC)CC2CC(=O)CC2C1. The number of carbonyl (C=O) groups excluding carboxylic acids is 3. The summed E-state index contributed by atoms with van der Waals surface area (Å²) in [7, 11) is 0. The highest BCUT2D eigenvalue weighted by atomic mass is 16.6. The average molecular weight is 268 g/mol. The molecule has 2 fully saturated rings. The van der Waals surface area contributed by atoms with Gasteiger partial charge in [0, 0.05) is 12.8 Å². The van der Waals surface area contributed by atoms with Crippen LogP contribution in [0.15, 0.2) is 0 Å². The van der Waals surface area contributed by atoms with Crippen LogP contribution in [-0.4, -0.2) is 30.9 Å². The first-order valence-electron chi connectivity index (χ1n) is 6.89. The lowest BCUT2D eigenvalue weighted by Crippen LogP contribution is -2.40. The Labute approximate surface area is 112 Å². The predicted molar refractivity (Wildman–Crippen MR) is 66.2 cm³/mol. The Morgan fingerprint density at radius 1 is 1.05 bits per heavy atom. The smallest absolute Gasteiger partial charge is 0.323 e. The molecule has 2 saturated carbocycles. The zero-order chi connectivity index (χ0) is 14.0. The molecule has 0 radical (unpaired) electrons. The van der Waals surface area contributed by atoms with Crippen LogP contribution >= 0.6 is 0 Å². The van der Waals surface area contributed by atoms with Gasteiger partial charge in [0.2, 0.25) is 0 Å². The Bertz CT molecular complexity index is 365. The summed E-state index contributed by atoms with van der Waals surface area (Å²) in [5.41, 5.74) is -1.18. The fourth-order valence-electron chi connectivity index (χ4n) is 3.41. The Balaban J connectivity index is 2.20. The average Bonchev–Trinajstić information content (AvgIpc) is 2.84. The zero-order valence-electron chi connectivity index (χ0n) is 11.4. The number of rotatable bonds is 4. The molecule has 0 aromatic rings. The zero-order valence-corrected chi connectivity index (χ0v) is 11.4. The van der Waals surface area contributed by atoms with Crippen molar-refractivity contribution in [2.45, 2.75) is 39.5 Å². The van der Waals surface area contributed by atoms with Gasteiger partial charge in [0.05, 0.1) is 13.2 Å². The Hall–Kier alpha value is -1.39. The molecule has 5 nitrogen and oxygen atoms in total. The molecule has 0 aromatic carbocycles. The van der Waals surface area contributed by atoms with Crippen LogP contribution in [0.4, 0.5) is 0 Å². The maximum atomic E-state index is 12.2. The van der Waals surface area contributed by atoms with Gasteiger partial charge in [-0.25, -0.2) is 0 Å². The molecule has 0 amide bonds. The fraction of sp³-hybridized carbons (Fsp3) is 0.786. The number of hydrogen-bond acceptors (Lipinski definition) is 5. The number of esters is 2. The molecule has 2 rings (SSSR count). The summed E-state index contributed by atoms with van der Waals surface area (Å²) in [6.45, 7) is 3.93. The molecule has 0 aromatic heterocycles. The molecule has 2 unspecified atom stereocenters. The molecule has 0 heterocycles. The number of ketones is 1. The lowest BCUT2D eigenvalue weighted by Gasteiger charge is -2.25. The minimum Gasteiger partial charge on any atom is -0.465 e. The second kappa shape index (κ2) is 5.31. The van der Waals surface area contributed by atoms with E-state index >= 15 is 0 Å². The van der Waals surface area contributed by atoms with E-state index in [2.05, 4.69) is 0 Å². The van der Waals surface area contributed by atoms with E-state index in [0.717, 1.165) is 0 Å². The molecule has 5 heteroatoms. The van der Waals surface area contributed by atoms with Crippen LogP contribution in [0.25, 0.3) is 0 Å². The summed E-state index contributed by atoms with van der Waals surface area (Å²) < 4.78 is 10.1. The molecule has 2 aliphatic rings. The quantitative estimate of drug-likeness (QED) is 0.570. The standard InChI is InChI=1S/C14H20O5/c1-3-18-12(16)14(13(17)19-4-2)7-9-5-11(15)6-10(9)8-14/h9-10H,3-8H2,1-2H3. The molecule has 0 N–H and O–H groups in total. The van der Waals surface area contributed by atoms with E-state index in [1.807, 2.05) is 0 Å². The summed E-state index contributed by atoms with van der Waals surface area (Å²) in [5.74, 6) is -0.496. The van der Waals surface area contributed by atoms with E-state index in [0.29, 0.717) is 25.7 Å². The van der Waals surface area contributed by atoms with Gasteiger partial charge in [-0.3, -0.25) is 14.4 Å². The van der Waals surface area contributed by atoms with Crippen molar-refractivity contribution in [1.29, 1.82) is 0 Å². The third-order valence-corrected chi connectivity index (χ3v) is 4.20. The van der Waals surface area contributed by atoms with Crippen LogP contribution < -0.4 is 0 Å². The van der Waals surface area contributed by atoms with Crippen LogP contribution in [0, 0.1) is 17.3 Å². The summed E-state index contributed by atoms with van der Waals surface area (Å²) in [5, 5.41) is 0. The van der Waals surface area contributed by atoms with Crippen molar-refractivity contribution in [3.05, 3.63) is 0 Å². The number of fused-ring (bicyclic) bond motifs is 1. The van der Waals surface area contributed by atoms with Gasteiger partial charge in [0.1, 0.15) is 5.78 Å². The lowest BCUT2D eigenvalue weighted by atomic mass is 9.83. The van der Waals surface area contributed by atoms with Gasteiger partial charge in [-0.1, -0.05) is 0 Å². The normalized spacial score (nSPS) is 28.0. The topological polar surface area (TPSA) is 69.7 Å². The Kier molecular flexibility index (Phi) is 3.92. The van der Waals surface area contributed by atoms with Gasteiger partial charge >= 0.3 is 11.9 Å². The van der Waals surface area contributed by atoms with E-state index in [9.17, 15) is 14.4 Å². The molecule has 0 saturated heterocycles. The molecule has 106 valence electrons. The highest BCUT2D eigenvalue weighted by Gasteiger charge is 2.59. The van der Waals surface area contributed by atoms with E-state index in [-0.39, 0.29) is 30.8 Å². The summed E-state index contributed by atoms with van der Waals surface area (Å²) in [6, 6.07) is 0. The van der Waals surface area contributed by atoms with Crippen LogP contribution in [0.1, 0.15) is 39.5 Å². The van der Waals surface area contributed by atoms with E-state index in [1.165, 1.54) is 0 Å². The highest BCUT2D eigenvalue weighted by molar-refractivity contribution is 6.01. The highest BCUT2D eigenvalue weighted by Crippen LogP contribution is 2.53. The first-order valence-corrected chi connectivity index (χ1v) is 6.89. The van der Waals surface area contributed by atoms with Gasteiger partial charge in [-0.05, 0) is 38.5 Å². The molecule has 2 atom stereocenters. The van der Waals surface area contributed by atoms with Gasteiger partial charge in [-0.15, -0.1) is 0 Å². The van der Waals surface area contributed by atoms with Gasteiger partial charge in [0.15, 0.2) is 5.41 Å². The molecule has 19 heavy (non-hydrogen) atoms. The summed E-state index contributed by atoms with van der Waals surface area (Å²) in [4.78, 5) is 35.8. The number of ether oxygens (including phenoxy) is 2. The van der Waals surface area contributed by atoms with Crippen LogP contribution in [-0.2, 0) is 23.9 Å². The molecule has 2 aliphatic carbocycles. The first kappa shape index (κ1) is 14.0. The van der Waals surface area contributed by atoms with E-state index in [1.54, 1.807) is 13.8 Å². The van der Waals surface area contributed by atoms with E-state index < -0.39 is 17.4 Å². The molecular weight excluding hydrogens is 248 g/mol. The number of carbonyl (C=O) groups is 3. The predicted octanol–water partition coefficient (Wildman–Crippen LogP) is 1.49. The minimum absolute atomic E-state index is 0.126. The lowest BCUT2D eigenvalue weighted by molar-refractivity contribution is -0.172. The van der Waals surface area contributed by atoms with Gasteiger partial charge in [-0.2, -0.15) is 0 Å². The molecule has 0 spiro atoms. The maximum absolute atomic E-state index is 12.2. The second-order valence-electron chi connectivity index (χ2n) is 5.40. The van der Waals surface area contributed by atoms with Crippen molar-refractivity contribution in [3.8, 4) is 0 Å². The summed E-state index contributed by atoms with van der Waals surface area (Å²) in [6.07, 6.45) is 1.73. The minimum atomic E-state index is -1.18. The monoisotopic (exact) mass is 268 g/mol. The number of Topliss-reactive ketones (excluding diaryl/α,β-unsaturated/α-hetero) is 1. The molecule has 0 aliphatic heterocycles. The van der Waals surface area contributed by atoms with Crippen molar-refractivity contribution in [3.63, 3.8) is 0 Å². The fourth-order valence-corrected chi connectivity index (χ4v) is 3.41.